The van der Waals surface area contributed by atoms with E-state index in [1.165, 1.54) is 57.9 Å². The summed E-state index contributed by atoms with van der Waals surface area (Å²) in [5.41, 5.74) is 0. The van der Waals surface area contributed by atoms with Crippen LogP contribution in [0.5, 0.6) is 0 Å². The van der Waals surface area contributed by atoms with Gasteiger partial charge in [-0.2, -0.15) is 0 Å². The highest BCUT2D eigenvalue weighted by Crippen LogP contribution is 2.11. The predicted molar refractivity (Wildman–Crippen MR) is 102 cm³/mol. The number of aliphatic hydroxyl groups excluding tert-OH is 1. The van der Waals surface area contributed by atoms with Crippen LogP contribution in [0, 0.1) is 0 Å². The van der Waals surface area contributed by atoms with Gasteiger partial charge in [-0.3, -0.25) is 0 Å². The van der Waals surface area contributed by atoms with Gasteiger partial charge in [0.15, 0.2) is 0 Å². The summed E-state index contributed by atoms with van der Waals surface area (Å²) in [7, 11) is 1.54. The Kier molecular flexibility index (Phi) is 17.4. The van der Waals surface area contributed by atoms with Crippen LogP contribution in [0.1, 0.15) is 57.8 Å². The van der Waals surface area contributed by atoms with Crippen LogP contribution in [0.4, 0.5) is 0 Å². The highest BCUT2D eigenvalue weighted by atomic mass is 79.9. The molecule has 1 N–H and O–H groups in total. The normalized spacial score (nSPS) is 13.2. The average Bonchev–Trinajstić information content (AvgIpc) is 2.98. The Balaban J connectivity index is 0.00000149. The molecule has 1 aliphatic rings. The van der Waals surface area contributed by atoms with Crippen molar-refractivity contribution in [2.45, 2.75) is 57.8 Å². The minimum atomic E-state index is 0.356. The van der Waals surface area contributed by atoms with E-state index in [1.807, 2.05) is 6.08 Å². The fourth-order valence-corrected chi connectivity index (χ4v) is 2.61. The largest absolute Gasteiger partial charge is 0.396 e. The first kappa shape index (κ1) is 22.5. The Morgan fingerprint density at radius 2 is 1.48 bits per heavy atom. The van der Waals surface area contributed by atoms with Gasteiger partial charge in [0, 0.05) is 32.1 Å². The van der Waals surface area contributed by atoms with E-state index in [2.05, 4.69) is 48.9 Å². The standard InChI is InChI=1S/C17H32N2O.CH3BrO/c1-2-12-18-14-15-19(17-18)13-10-8-6-4-3-5-7-9-11-16-20;1-3-2/h2,14-15,20H,1,3-13,16-17H2;1H3. The highest BCUT2D eigenvalue weighted by Gasteiger charge is 2.09. The van der Waals surface area contributed by atoms with E-state index in [9.17, 15) is 0 Å². The zero-order valence-corrected chi connectivity index (χ0v) is 16.3. The van der Waals surface area contributed by atoms with Crippen LogP contribution in [0.3, 0.4) is 0 Å². The number of nitrogens with zero attached hydrogens (tertiary/aromatic N) is 2. The van der Waals surface area contributed by atoms with E-state index >= 15 is 0 Å². The van der Waals surface area contributed by atoms with Gasteiger partial charge >= 0.3 is 0 Å². The van der Waals surface area contributed by atoms with Gasteiger partial charge in [0.05, 0.1) is 30.0 Å². The molecule has 0 aromatic heterocycles. The molecular weight excluding hydrogens is 356 g/mol. The molecule has 5 heteroatoms. The number of halogens is 1. The minimum Gasteiger partial charge on any atom is -0.396 e. The lowest BCUT2D eigenvalue weighted by molar-refractivity contribution is 0.276. The molecule has 0 atom stereocenters. The fraction of sp³-hybridized carbons (Fsp3) is 0.778. The first-order valence-corrected chi connectivity index (χ1v) is 9.46. The molecule has 0 spiro atoms. The maximum absolute atomic E-state index is 8.69. The lowest BCUT2D eigenvalue weighted by Gasteiger charge is -2.19. The van der Waals surface area contributed by atoms with Crippen LogP contribution in [0.25, 0.3) is 0 Å². The first-order valence-electron chi connectivity index (χ1n) is 8.81. The van der Waals surface area contributed by atoms with Crippen molar-refractivity contribution in [2.24, 2.45) is 0 Å². The van der Waals surface area contributed by atoms with Gasteiger partial charge in [-0.1, -0.05) is 51.0 Å². The van der Waals surface area contributed by atoms with Gasteiger partial charge in [-0.25, -0.2) is 0 Å². The molecule has 136 valence electrons. The summed E-state index contributed by atoms with van der Waals surface area (Å²) < 4.78 is 4.06. The molecule has 0 saturated carbocycles. The summed E-state index contributed by atoms with van der Waals surface area (Å²) in [6.45, 7) is 7.28. The van der Waals surface area contributed by atoms with Gasteiger partial charge in [0.25, 0.3) is 0 Å². The first-order chi connectivity index (χ1) is 11.3. The van der Waals surface area contributed by atoms with E-state index in [0.717, 1.165) is 19.6 Å². The van der Waals surface area contributed by atoms with E-state index < -0.39 is 0 Å². The number of hydrogen-bond donors (Lipinski definition) is 1. The Morgan fingerprint density at radius 3 is 2.00 bits per heavy atom. The molecule has 23 heavy (non-hydrogen) atoms. The third kappa shape index (κ3) is 14.8. The summed E-state index contributed by atoms with van der Waals surface area (Å²) in [6, 6.07) is 0. The smallest absolute Gasteiger partial charge is 0.0984 e. The van der Waals surface area contributed by atoms with Crippen molar-refractivity contribution >= 4 is 16.3 Å². The third-order valence-electron chi connectivity index (χ3n) is 3.82. The molecule has 0 aromatic rings. The Hall–Kier alpha value is -0.520. The molecule has 0 unspecified atom stereocenters. The van der Waals surface area contributed by atoms with Crippen molar-refractivity contribution in [1.29, 1.82) is 0 Å². The summed E-state index contributed by atoms with van der Waals surface area (Å²) in [6.07, 6.45) is 17.9. The van der Waals surface area contributed by atoms with Gasteiger partial charge in [0.1, 0.15) is 0 Å². The molecule has 0 fully saturated rings. The zero-order chi connectivity index (χ0) is 17.2. The molecule has 0 aliphatic carbocycles. The third-order valence-corrected chi connectivity index (χ3v) is 3.82. The maximum atomic E-state index is 8.69. The monoisotopic (exact) mass is 390 g/mol. The molecule has 0 radical (unpaired) electrons. The van der Waals surface area contributed by atoms with Crippen LogP contribution in [-0.4, -0.2) is 48.4 Å². The zero-order valence-electron chi connectivity index (χ0n) is 14.8. The van der Waals surface area contributed by atoms with E-state index in [4.69, 9.17) is 5.11 Å². The van der Waals surface area contributed by atoms with Gasteiger partial charge in [-0.15, -0.1) is 6.58 Å². The second-order valence-electron chi connectivity index (χ2n) is 5.87. The molecule has 1 heterocycles. The van der Waals surface area contributed by atoms with Crippen LogP contribution in [0.15, 0.2) is 25.1 Å². The van der Waals surface area contributed by atoms with E-state index in [0.29, 0.717) is 6.61 Å². The quantitative estimate of drug-likeness (QED) is 0.366. The molecule has 0 amide bonds. The Labute approximate surface area is 151 Å². The summed E-state index contributed by atoms with van der Waals surface area (Å²) in [4.78, 5) is 4.66. The van der Waals surface area contributed by atoms with Gasteiger partial charge in [-0.05, 0) is 12.8 Å². The molecule has 1 rings (SSSR count). The number of aliphatic hydroxyl groups is 1. The number of unbranched alkanes of at least 4 members (excludes halogenated alkanes) is 8. The summed E-state index contributed by atoms with van der Waals surface area (Å²) in [5, 5.41) is 8.69. The number of rotatable bonds is 13. The van der Waals surface area contributed by atoms with Crippen molar-refractivity contribution in [2.75, 3.05) is 33.5 Å². The maximum Gasteiger partial charge on any atom is 0.0984 e. The van der Waals surface area contributed by atoms with E-state index in [-0.39, 0.29) is 0 Å². The van der Waals surface area contributed by atoms with Crippen LogP contribution < -0.4 is 0 Å². The van der Waals surface area contributed by atoms with Crippen LogP contribution in [-0.2, 0) is 3.83 Å². The Bertz CT molecular complexity index is 288. The molecule has 1 aliphatic heterocycles. The second-order valence-corrected chi connectivity index (χ2v) is 6.52. The van der Waals surface area contributed by atoms with Gasteiger partial charge in [0.2, 0.25) is 0 Å². The molecule has 0 aromatic carbocycles. The lowest BCUT2D eigenvalue weighted by Crippen LogP contribution is -2.26. The molecule has 4 nitrogen and oxygen atoms in total. The highest BCUT2D eigenvalue weighted by molar-refractivity contribution is 9.06. The fourth-order valence-electron chi connectivity index (χ4n) is 2.61. The van der Waals surface area contributed by atoms with Gasteiger partial charge < -0.3 is 18.7 Å². The molecule has 0 saturated heterocycles. The number of hydrogen-bond acceptors (Lipinski definition) is 4. The van der Waals surface area contributed by atoms with Crippen molar-refractivity contribution in [3.8, 4) is 0 Å². The topological polar surface area (TPSA) is 35.9 Å². The van der Waals surface area contributed by atoms with Crippen LogP contribution in [0.2, 0.25) is 0 Å². The van der Waals surface area contributed by atoms with Crippen LogP contribution >= 0.6 is 16.3 Å². The van der Waals surface area contributed by atoms with Crippen molar-refractivity contribution in [3.63, 3.8) is 0 Å². The summed E-state index contributed by atoms with van der Waals surface area (Å²) >= 11 is 2.65. The van der Waals surface area contributed by atoms with Crippen molar-refractivity contribution in [3.05, 3.63) is 25.1 Å². The molecular formula is C18H35BrN2O2. The van der Waals surface area contributed by atoms with Crippen molar-refractivity contribution < 1.29 is 8.93 Å². The predicted octanol–water partition coefficient (Wildman–Crippen LogP) is 4.66. The van der Waals surface area contributed by atoms with Crippen molar-refractivity contribution in [1.82, 2.24) is 9.80 Å². The van der Waals surface area contributed by atoms with E-state index in [1.54, 1.807) is 7.11 Å². The molecule has 0 bridgehead atoms. The Morgan fingerprint density at radius 1 is 1.00 bits per heavy atom. The average molecular weight is 391 g/mol. The lowest BCUT2D eigenvalue weighted by atomic mass is 10.1. The minimum absolute atomic E-state index is 0.356. The second kappa shape index (κ2) is 17.8. The SMILES string of the molecule is C=CCN1C=CN(CCCCCCCCCCCO)C1.COBr. The summed E-state index contributed by atoms with van der Waals surface area (Å²) in [5.74, 6) is 0.